The molecule has 4 heterocycles. The normalized spacial score (nSPS) is 20.2. The van der Waals surface area contributed by atoms with Crippen LogP contribution in [0.3, 0.4) is 0 Å². The topological polar surface area (TPSA) is 121 Å². The second-order valence-corrected chi connectivity index (χ2v) is 10.9. The first kappa shape index (κ1) is 19.8. The molecule has 1 aliphatic rings. The number of anilines is 1. The van der Waals surface area contributed by atoms with Crippen LogP contribution in [-0.4, -0.2) is 56.6 Å². The number of aromatic amines is 1. The maximum atomic E-state index is 12.8. The highest BCUT2D eigenvalue weighted by molar-refractivity contribution is 7.92. The van der Waals surface area contributed by atoms with Crippen LogP contribution in [0.15, 0.2) is 16.7 Å². The van der Waals surface area contributed by atoms with Gasteiger partial charge in [0.25, 0.3) is 0 Å². The van der Waals surface area contributed by atoms with Crippen molar-refractivity contribution in [2.45, 2.75) is 38.5 Å². The summed E-state index contributed by atoms with van der Waals surface area (Å²) < 4.78 is 31.4. The van der Waals surface area contributed by atoms with Gasteiger partial charge in [-0.05, 0) is 39.8 Å². The minimum absolute atomic E-state index is 0.141. The van der Waals surface area contributed by atoms with E-state index < -0.39 is 14.5 Å². The Hall–Kier alpha value is -2.46. The summed E-state index contributed by atoms with van der Waals surface area (Å²) in [6, 6.07) is 3.90. The van der Waals surface area contributed by atoms with Crippen molar-refractivity contribution in [1.82, 2.24) is 20.3 Å². The van der Waals surface area contributed by atoms with E-state index in [9.17, 15) is 4.21 Å². The van der Waals surface area contributed by atoms with Gasteiger partial charge in [-0.1, -0.05) is 5.16 Å². The number of nitrogens with zero attached hydrogens (tertiary/aromatic N) is 4. The molecule has 0 saturated carbocycles. The van der Waals surface area contributed by atoms with Gasteiger partial charge in [-0.3, -0.25) is 9.88 Å². The third kappa shape index (κ3) is 3.29. The first-order valence-electron chi connectivity index (χ1n) is 9.50. The molecule has 3 aromatic heterocycles. The summed E-state index contributed by atoms with van der Waals surface area (Å²) in [5, 5.41) is 11.4. The minimum atomic E-state index is -2.94. The maximum absolute atomic E-state index is 12.8. The molecule has 1 unspecified atom stereocenters. The van der Waals surface area contributed by atoms with Crippen LogP contribution in [0.2, 0.25) is 0 Å². The quantitative estimate of drug-likeness (QED) is 0.668. The fourth-order valence-corrected chi connectivity index (χ4v) is 4.06. The molecule has 0 bridgehead atoms. The third-order valence-electron chi connectivity index (χ3n) is 5.64. The van der Waals surface area contributed by atoms with Gasteiger partial charge in [0.05, 0.1) is 33.7 Å². The van der Waals surface area contributed by atoms with Crippen molar-refractivity contribution in [1.29, 1.82) is 4.78 Å². The number of aryl methyl sites for hydroxylation is 1. The maximum Gasteiger partial charge on any atom is 0.190 e. The lowest BCUT2D eigenvalue weighted by Crippen LogP contribution is -2.44. The highest BCUT2D eigenvalue weighted by Gasteiger charge is 2.35. The Labute approximate surface area is 169 Å². The van der Waals surface area contributed by atoms with Gasteiger partial charge in [-0.15, -0.1) is 0 Å². The summed E-state index contributed by atoms with van der Waals surface area (Å²) >= 11 is 0. The number of H-pyrrole nitrogens is 1. The minimum Gasteiger partial charge on any atom is -0.377 e. The number of pyridine rings is 1. The van der Waals surface area contributed by atoms with Gasteiger partial charge in [0.1, 0.15) is 17.0 Å². The molecule has 0 aliphatic carbocycles. The first-order valence-corrected chi connectivity index (χ1v) is 11.5. The summed E-state index contributed by atoms with van der Waals surface area (Å²) in [5.74, 6) is 0.733. The number of morpholine rings is 1. The first-order chi connectivity index (χ1) is 13.6. The lowest BCUT2D eigenvalue weighted by Gasteiger charge is -2.35. The highest BCUT2D eigenvalue weighted by atomic mass is 32.2. The number of hydrogen-bond acceptors (Lipinski definition) is 8. The molecule has 3 aromatic rings. The SMILES string of the molecule is Cc1cc(-c2noc3c(C(C)(C)S(C)(=N)=O)cc(N4CCOC[C@H]4C)nc23)n[nH]1. The molecule has 1 saturated heterocycles. The lowest BCUT2D eigenvalue weighted by molar-refractivity contribution is 0.0985. The van der Waals surface area contributed by atoms with Crippen molar-refractivity contribution in [2.24, 2.45) is 0 Å². The molecule has 4 rings (SSSR count). The molecule has 9 nitrogen and oxygen atoms in total. The van der Waals surface area contributed by atoms with Crippen LogP contribution >= 0.6 is 0 Å². The fourth-order valence-electron chi connectivity index (χ4n) is 3.49. The molecule has 156 valence electrons. The molecule has 10 heteroatoms. The molecule has 2 atom stereocenters. The molecule has 0 spiro atoms. The van der Waals surface area contributed by atoms with Gasteiger partial charge in [0, 0.05) is 24.1 Å². The zero-order valence-electron chi connectivity index (χ0n) is 17.3. The van der Waals surface area contributed by atoms with Crippen LogP contribution in [0.4, 0.5) is 5.82 Å². The monoisotopic (exact) mass is 418 g/mol. The molecule has 1 aliphatic heterocycles. The van der Waals surface area contributed by atoms with Crippen molar-refractivity contribution in [3.8, 4) is 11.4 Å². The smallest absolute Gasteiger partial charge is 0.190 e. The van der Waals surface area contributed by atoms with Gasteiger partial charge in [-0.25, -0.2) is 9.19 Å². The summed E-state index contributed by atoms with van der Waals surface area (Å²) in [5.41, 5.74) is 3.71. The Bertz CT molecular complexity index is 1160. The van der Waals surface area contributed by atoms with Crippen LogP contribution in [0.1, 0.15) is 32.0 Å². The highest BCUT2D eigenvalue weighted by Crippen LogP contribution is 2.39. The number of rotatable bonds is 4. The predicted molar refractivity (Wildman–Crippen MR) is 112 cm³/mol. The molecule has 29 heavy (non-hydrogen) atoms. The number of nitrogens with one attached hydrogen (secondary N) is 2. The second-order valence-electron chi connectivity index (χ2n) is 8.14. The van der Waals surface area contributed by atoms with Gasteiger partial charge in [0.15, 0.2) is 11.3 Å². The Morgan fingerprint density at radius 1 is 1.38 bits per heavy atom. The Morgan fingerprint density at radius 3 is 2.76 bits per heavy atom. The average molecular weight is 419 g/mol. The van der Waals surface area contributed by atoms with Gasteiger partial charge >= 0.3 is 0 Å². The van der Waals surface area contributed by atoms with Crippen LogP contribution in [0, 0.1) is 11.7 Å². The van der Waals surface area contributed by atoms with E-state index >= 15 is 0 Å². The second kappa shape index (κ2) is 6.81. The number of hydrogen-bond donors (Lipinski definition) is 2. The van der Waals surface area contributed by atoms with E-state index in [1.54, 1.807) is 13.8 Å². The Kier molecular flexibility index (Phi) is 4.66. The zero-order valence-corrected chi connectivity index (χ0v) is 18.1. The summed E-state index contributed by atoms with van der Waals surface area (Å²) in [7, 11) is -2.94. The fraction of sp³-hybridized carbons (Fsp3) is 0.526. The Morgan fingerprint density at radius 2 is 2.14 bits per heavy atom. The molecule has 0 aromatic carbocycles. The van der Waals surface area contributed by atoms with Crippen LogP contribution in [0.25, 0.3) is 22.5 Å². The van der Waals surface area contributed by atoms with Crippen molar-refractivity contribution < 1.29 is 13.5 Å². The third-order valence-corrected chi connectivity index (χ3v) is 7.81. The Balaban J connectivity index is 1.99. The molecular weight excluding hydrogens is 392 g/mol. The molecule has 0 amide bonds. The predicted octanol–water partition coefficient (Wildman–Crippen LogP) is 3.06. The van der Waals surface area contributed by atoms with Crippen LogP contribution < -0.4 is 4.90 Å². The summed E-state index contributed by atoms with van der Waals surface area (Å²) in [6.45, 7) is 9.50. The van der Waals surface area contributed by atoms with E-state index in [0.717, 1.165) is 11.5 Å². The van der Waals surface area contributed by atoms with E-state index in [1.807, 2.05) is 19.1 Å². The van der Waals surface area contributed by atoms with E-state index in [-0.39, 0.29) is 6.04 Å². The van der Waals surface area contributed by atoms with Crippen molar-refractivity contribution >= 4 is 26.6 Å². The van der Waals surface area contributed by atoms with E-state index in [2.05, 4.69) is 27.2 Å². The summed E-state index contributed by atoms with van der Waals surface area (Å²) in [6.07, 6.45) is 1.45. The number of fused-ring (bicyclic) bond motifs is 1. The van der Waals surface area contributed by atoms with Gasteiger partial charge < -0.3 is 14.2 Å². The van der Waals surface area contributed by atoms with Crippen LogP contribution in [0.5, 0.6) is 0 Å². The van der Waals surface area contributed by atoms with E-state index in [4.69, 9.17) is 19.0 Å². The van der Waals surface area contributed by atoms with Crippen LogP contribution in [-0.2, 0) is 19.2 Å². The summed E-state index contributed by atoms with van der Waals surface area (Å²) in [4.78, 5) is 7.02. The van der Waals surface area contributed by atoms with Crippen molar-refractivity contribution in [3.63, 3.8) is 0 Å². The molecule has 1 fully saturated rings. The standard InChI is InChI=1S/C19H26N6O3S/c1-11-8-14(23-22-11)16-17-18(28-24-16)13(19(3,4)29(5,20)26)9-15(21-17)25-6-7-27-10-12(25)2/h8-9,12,20H,6-7,10H2,1-5H3,(H,22,23)/t12-,29?/m1/s1. The van der Waals surface area contributed by atoms with Gasteiger partial charge in [-0.2, -0.15) is 5.10 Å². The molecular formula is C19H26N6O3S. The molecule has 2 N–H and O–H groups in total. The largest absolute Gasteiger partial charge is 0.377 e. The van der Waals surface area contributed by atoms with Crippen molar-refractivity contribution in [2.75, 3.05) is 30.9 Å². The number of ether oxygens (including phenoxy) is 1. The van der Waals surface area contributed by atoms with E-state index in [0.29, 0.717) is 47.8 Å². The lowest BCUT2D eigenvalue weighted by atomic mass is 10.0. The van der Waals surface area contributed by atoms with Gasteiger partial charge in [0.2, 0.25) is 0 Å². The number of aromatic nitrogens is 4. The molecule has 0 radical (unpaired) electrons. The van der Waals surface area contributed by atoms with Crippen molar-refractivity contribution in [3.05, 3.63) is 23.4 Å². The zero-order chi connectivity index (χ0) is 21.0. The van der Waals surface area contributed by atoms with E-state index in [1.165, 1.54) is 6.26 Å². The average Bonchev–Trinajstić information content (AvgIpc) is 3.26.